The molecule has 1 aliphatic carbocycles. The maximum absolute atomic E-state index is 6.28. The molecule has 2 heterocycles. The first-order chi connectivity index (χ1) is 9.22. The maximum Gasteiger partial charge on any atom is 0.176 e. The van der Waals surface area contributed by atoms with E-state index >= 15 is 0 Å². The van der Waals surface area contributed by atoms with E-state index in [1.54, 1.807) is 7.05 Å². The van der Waals surface area contributed by atoms with Crippen molar-refractivity contribution in [2.75, 3.05) is 0 Å². The molecule has 0 bridgehead atoms. The van der Waals surface area contributed by atoms with Gasteiger partial charge in [0.15, 0.2) is 5.82 Å². The summed E-state index contributed by atoms with van der Waals surface area (Å²) in [6, 6.07) is 2.29. The van der Waals surface area contributed by atoms with Gasteiger partial charge >= 0.3 is 0 Å². The molecule has 0 aliphatic heterocycles. The van der Waals surface area contributed by atoms with Crippen molar-refractivity contribution in [1.82, 2.24) is 20.2 Å². The van der Waals surface area contributed by atoms with Crippen molar-refractivity contribution < 1.29 is 0 Å². The Balaban J connectivity index is 1.74. The molecule has 1 aliphatic rings. The van der Waals surface area contributed by atoms with Gasteiger partial charge in [0.25, 0.3) is 0 Å². The zero-order valence-electron chi connectivity index (χ0n) is 11.2. The second kappa shape index (κ2) is 5.38. The summed E-state index contributed by atoms with van der Waals surface area (Å²) in [4.78, 5) is 4.28. The molecule has 2 N–H and O–H groups in total. The smallest absolute Gasteiger partial charge is 0.176 e. The van der Waals surface area contributed by atoms with Crippen molar-refractivity contribution in [3.8, 4) is 0 Å². The third-order valence-corrected chi connectivity index (χ3v) is 4.95. The summed E-state index contributed by atoms with van der Waals surface area (Å²) < 4.78 is 0. The van der Waals surface area contributed by atoms with E-state index in [9.17, 15) is 0 Å². The van der Waals surface area contributed by atoms with Crippen LogP contribution in [0.25, 0.3) is 0 Å². The zero-order valence-corrected chi connectivity index (χ0v) is 12.0. The first-order valence-electron chi connectivity index (χ1n) is 6.82. The van der Waals surface area contributed by atoms with E-state index in [1.807, 2.05) is 11.3 Å². The molecule has 6 heteroatoms. The van der Waals surface area contributed by atoms with Gasteiger partial charge in [-0.25, -0.2) is 0 Å². The minimum Gasteiger partial charge on any atom is -0.323 e. The lowest BCUT2D eigenvalue weighted by molar-refractivity contribution is 0.623. The lowest BCUT2D eigenvalue weighted by Crippen LogP contribution is -2.13. The quantitative estimate of drug-likeness (QED) is 0.868. The summed E-state index contributed by atoms with van der Waals surface area (Å²) in [5.41, 5.74) is 7.79. The Labute approximate surface area is 116 Å². The van der Waals surface area contributed by atoms with E-state index in [0.29, 0.717) is 6.42 Å². The van der Waals surface area contributed by atoms with Crippen molar-refractivity contribution in [3.05, 3.63) is 27.2 Å². The molecule has 0 aromatic carbocycles. The Hall–Kier alpha value is -1.27. The van der Waals surface area contributed by atoms with Gasteiger partial charge in [-0.2, -0.15) is 4.80 Å². The standard InChI is InChI=1S/C13H19N5S/c1-18-16-13(15-17-18)8-10(14)12-7-9-5-3-2-4-6-11(9)19-12/h7,10H,2-6,8,14H2,1H3. The number of aromatic nitrogens is 4. The van der Waals surface area contributed by atoms with Crippen molar-refractivity contribution >= 4 is 11.3 Å². The number of nitrogens with two attached hydrogens (primary N) is 1. The van der Waals surface area contributed by atoms with Crippen molar-refractivity contribution in [3.63, 3.8) is 0 Å². The third kappa shape index (κ3) is 2.84. The van der Waals surface area contributed by atoms with Crippen LogP contribution in [-0.2, 0) is 26.3 Å². The van der Waals surface area contributed by atoms with Crippen LogP contribution in [-0.4, -0.2) is 20.2 Å². The molecule has 3 rings (SSSR count). The van der Waals surface area contributed by atoms with Gasteiger partial charge in [0.2, 0.25) is 0 Å². The highest BCUT2D eigenvalue weighted by Crippen LogP contribution is 2.32. The van der Waals surface area contributed by atoms with Gasteiger partial charge < -0.3 is 5.73 Å². The topological polar surface area (TPSA) is 69.6 Å². The Kier molecular flexibility index (Phi) is 3.61. The normalized spacial score (nSPS) is 16.9. The molecule has 2 aromatic rings. The summed E-state index contributed by atoms with van der Waals surface area (Å²) >= 11 is 1.88. The van der Waals surface area contributed by atoms with Gasteiger partial charge in [-0.1, -0.05) is 6.42 Å². The molecule has 19 heavy (non-hydrogen) atoms. The monoisotopic (exact) mass is 277 g/mol. The highest BCUT2D eigenvalue weighted by molar-refractivity contribution is 7.12. The molecule has 0 amide bonds. The molecular weight excluding hydrogens is 258 g/mol. The molecule has 0 radical (unpaired) electrons. The van der Waals surface area contributed by atoms with Gasteiger partial charge in [-0.15, -0.1) is 21.5 Å². The fourth-order valence-electron chi connectivity index (χ4n) is 2.58. The molecule has 0 spiro atoms. The van der Waals surface area contributed by atoms with Gasteiger partial charge in [0.1, 0.15) is 0 Å². The highest BCUT2D eigenvalue weighted by Gasteiger charge is 2.17. The summed E-state index contributed by atoms with van der Waals surface area (Å²) in [5.74, 6) is 0.721. The molecule has 2 aromatic heterocycles. The number of hydrogen-bond acceptors (Lipinski definition) is 5. The van der Waals surface area contributed by atoms with E-state index < -0.39 is 0 Å². The first-order valence-corrected chi connectivity index (χ1v) is 7.64. The van der Waals surface area contributed by atoms with Crippen LogP contribution in [0, 0.1) is 0 Å². The van der Waals surface area contributed by atoms with E-state index in [0.717, 1.165) is 5.82 Å². The number of hydrogen-bond donors (Lipinski definition) is 1. The Morgan fingerprint density at radius 2 is 2.21 bits per heavy atom. The van der Waals surface area contributed by atoms with Crippen LogP contribution in [0.5, 0.6) is 0 Å². The summed E-state index contributed by atoms with van der Waals surface area (Å²) in [7, 11) is 1.77. The Morgan fingerprint density at radius 1 is 1.37 bits per heavy atom. The molecule has 1 unspecified atom stereocenters. The first kappa shape index (κ1) is 12.7. The van der Waals surface area contributed by atoms with Crippen LogP contribution in [0.2, 0.25) is 0 Å². The second-order valence-electron chi connectivity index (χ2n) is 5.16. The minimum atomic E-state index is -0.0128. The fraction of sp³-hybridized carbons (Fsp3) is 0.615. The molecule has 0 fully saturated rings. The van der Waals surface area contributed by atoms with E-state index in [4.69, 9.17) is 5.73 Å². The fourth-order valence-corrected chi connectivity index (χ4v) is 3.83. The highest BCUT2D eigenvalue weighted by atomic mass is 32.1. The number of thiophene rings is 1. The van der Waals surface area contributed by atoms with E-state index in [-0.39, 0.29) is 6.04 Å². The number of rotatable bonds is 3. The van der Waals surface area contributed by atoms with Crippen LogP contribution in [0.15, 0.2) is 6.07 Å². The van der Waals surface area contributed by atoms with Crippen molar-refractivity contribution in [2.45, 2.75) is 44.6 Å². The molecule has 0 saturated heterocycles. The number of tetrazole rings is 1. The van der Waals surface area contributed by atoms with Gasteiger partial charge in [-0.05, 0) is 42.5 Å². The molecule has 5 nitrogen and oxygen atoms in total. The van der Waals surface area contributed by atoms with E-state index in [2.05, 4.69) is 21.5 Å². The van der Waals surface area contributed by atoms with Crippen LogP contribution in [0.1, 0.15) is 46.4 Å². The Morgan fingerprint density at radius 3 is 3.00 bits per heavy atom. The summed E-state index contributed by atoms with van der Waals surface area (Å²) in [5, 5.41) is 12.0. The zero-order chi connectivity index (χ0) is 13.2. The number of fused-ring (bicyclic) bond motifs is 1. The lowest BCUT2D eigenvalue weighted by atomic mass is 10.1. The van der Waals surface area contributed by atoms with Gasteiger partial charge in [-0.3, -0.25) is 0 Å². The number of nitrogens with zero attached hydrogens (tertiary/aromatic N) is 4. The van der Waals surface area contributed by atoms with Crippen LogP contribution >= 0.6 is 11.3 Å². The van der Waals surface area contributed by atoms with Crippen LogP contribution in [0.3, 0.4) is 0 Å². The van der Waals surface area contributed by atoms with Crippen molar-refractivity contribution in [1.29, 1.82) is 0 Å². The van der Waals surface area contributed by atoms with Gasteiger partial charge in [0.05, 0.1) is 7.05 Å². The van der Waals surface area contributed by atoms with Crippen LogP contribution < -0.4 is 5.73 Å². The predicted molar refractivity (Wildman–Crippen MR) is 75.0 cm³/mol. The van der Waals surface area contributed by atoms with Crippen LogP contribution in [0.4, 0.5) is 0 Å². The molecule has 0 saturated carbocycles. The lowest BCUT2D eigenvalue weighted by Gasteiger charge is -2.05. The largest absolute Gasteiger partial charge is 0.323 e. The average molecular weight is 277 g/mol. The van der Waals surface area contributed by atoms with Crippen molar-refractivity contribution in [2.24, 2.45) is 12.8 Å². The van der Waals surface area contributed by atoms with Gasteiger partial charge in [0, 0.05) is 22.2 Å². The average Bonchev–Trinajstić information content (AvgIpc) is 2.91. The maximum atomic E-state index is 6.28. The SMILES string of the molecule is Cn1nnc(CC(N)c2cc3c(s2)CCCCC3)n1. The second-order valence-corrected chi connectivity index (χ2v) is 6.33. The summed E-state index contributed by atoms with van der Waals surface area (Å²) in [6.07, 6.45) is 7.07. The molecule has 1 atom stereocenters. The predicted octanol–water partition coefficient (Wildman–Crippen LogP) is 1.78. The third-order valence-electron chi connectivity index (χ3n) is 3.58. The molecule has 102 valence electrons. The Bertz CT molecular complexity index is 536. The summed E-state index contributed by atoms with van der Waals surface area (Å²) in [6.45, 7) is 0. The van der Waals surface area contributed by atoms with E-state index in [1.165, 1.54) is 52.2 Å². The minimum absolute atomic E-state index is 0.0128. The number of aryl methyl sites for hydroxylation is 3. The molecular formula is C13H19N5S.